The van der Waals surface area contributed by atoms with Crippen LogP contribution in [0.4, 0.5) is 5.69 Å². The quantitative estimate of drug-likeness (QED) is 0.814. The van der Waals surface area contributed by atoms with E-state index in [1.165, 1.54) is 0 Å². The van der Waals surface area contributed by atoms with Gasteiger partial charge >= 0.3 is 0 Å². The van der Waals surface area contributed by atoms with Gasteiger partial charge in [0.25, 0.3) is 0 Å². The van der Waals surface area contributed by atoms with E-state index in [-0.39, 0.29) is 18.1 Å². The van der Waals surface area contributed by atoms with E-state index in [1.807, 2.05) is 19.1 Å². The lowest BCUT2D eigenvalue weighted by atomic mass is 9.99. The fourth-order valence-electron chi connectivity index (χ4n) is 2.37. The molecular formula is C16H11BrClNO2. The van der Waals surface area contributed by atoms with Gasteiger partial charge in [0.2, 0.25) is 5.91 Å². The van der Waals surface area contributed by atoms with Gasteiger partial charge in [-0.1, -0.05) is 33.6 Å². The van der Waals surface area contributed by atoms with E-state index in [4.69, 9.17) is 11.6 Å². The summed E-state index contributed by atoms with van der Waals surface area (Å²) in [7, 11) is 0. The van der Waals surface area contributed by atoms with Crippen LogP contribution < -0.4 is 5.32 Å². The lowest BCUT2D eigenvalue weighted by molar-refractivity contribution is -0.115. The Kier molecular flexibility index (Phi) is 3.59. The zero-order chi connectivity index (χ0) is 15.1. The second-order valence-corrected chi connectivity index (χ2v) is 6.29. The molecule has 21 heavy (non-hydrogen) atoms. The maximum absolute atomic E-state index is 12.7. The molecule has 1 aliphatic rings. The lowest BCUT2D eigenvalue weighted by Gasteiger charge is -2.09. The summed E-state index contributed by atoms with van der Waals surface area (Å²) in [5, 5.41) is 3.06. The molecule has 0 bridgehead atoms. The summed E-state index contributed by atoms with van der Waals surface area (Å²) >= 11 is 9.61. The first-order valence-corrected chi connectivity index (χ1v) is 7.56. The Labute approximate surface area is 135 Å². The monoisotopic (exact) mass is 363 g/mol. The van der Waals surface area contributed by atoms with E-state index in [0.717, 1.165) is 15.6 Å². The second-order valence-electron chi connectivity index (χ2n) is 5.03. The molecule has 0 saturated heterocycles. The second kappa shape index (κ2) is 5.28. The number of rotatable bonds is 2. The van der Waals surface area contributed by atoms with Crippen LogP contribution in [0.5, 0.6) is 0 Å². The van der Waals surface area contributed by atoms with Gasteiger partial charge in [-0.3, -0.25) is 9.59 Å². The van der Waals surface area contributed by atoms with Crippen LogP contribution in [0.25, 0.3) is 0 Å². The Morgan fingerprint density at radius 1 is 1.24 bits per heavy atom. The van der Waals surface area contributed by atoms with Crippen molar-refractivity contribution in [3.8, 4) is 0 Å². The lowest BCUT2D eigenvalue weighted by Crippen LogP contribution is -2.04. The van der Waals surface area contributed by atoms with Crippen molar-refractivity contribution >= 4 is 44.9 Å². The Hall–Kier alpha value is -1.65. The van der Waals surface area contributed by atoms with Gasteiger partial charge in [-0.25, -0.2) is 0 Å². The van der Waals surface area contributed by atoms with Crippen molar-refractivity contribution < 1.29 is 9.59 Å². The summed E-state index contributed by atoms with van der Waals surface area (Å²) in [6, 6.07) is 8.87. The average Bonchev–Trinajstić information content (AvgIpc) is 2.76. The maximum Gasteiger partial charge on any atom is 0.228 e. The smallest absolute Gasteiger partial charge is 0.228 e. The molecule has 2 aromatic rings. The van der Waals surface area contributed by atoms with Crippen LogP contribution in [0, 0.1) is 6.92 Å². The summed E-state index contributed by atoms with van der Waals surface area (Å²) in [6.45, 7) is 1.96. The molecule has 3 rings (SSSR count). The van der Waals surface area contributed by atoms with E-state index < -0.39 is 0 Å². The van der Waals surface area contributed by atoms with Crippen LogP contribution in [0.2, 0.25) is 5.02 Å². The first-order valence-electron chi connectivity index (χ1n) is 6.39. The minimum atomic E-state index is -0.158. The van der Waals surface area contributed by atoms with Crippen molar-refractivity contribution in [3.63, 3.8) is 0 Å². The van der Waals surface area contributed by atoms with Crippen LogP contribution in [0.3, 0.4) is 0 Å². The number of ketones is 1. The molecular weight excluding hydrogens is 354 g/mol. The SMILES string of the molecule is Cc1ccc(C(=O)c2cc3c(cc2Cl)NC(=O)C3)c(Br)c1. The Morgan fingerprint density at radius 2 is 2.00 bits per heavy atom. The highest BCUT2D eigenvalue weighted by molar-refractivity contribution is 9.10. The third-order valence-electron chi connectivity index (χ3n) is 3.43. The van der Waals surface area contributed by atoms with E-state index in [1.54, 1.807) is 18.2 Å². The number of benzene rings is 2. The number of carbonyl (C=O) groups excluding carboxylic acids is 2. The largest absolute Gasteiger partial charge is 0.325 e. The highest BCUT2D eigenvalue weighted by Gasteiger charge is 2.23. The summed E-state index contributed by atoms with van der Waals surface area (Å²) in [5.74, 6) is -0.240. The van der Waals surface area contributed by atoms with Gasteiger partial charge in [0.1, 0.15) is 0 Å². The highest BCUT2D eigenvalue weighted by Crippen LogP contribution is 2.32. The third-order valence-corrected chi connectivity index (χ3v) is 4.40. The fraction of sp³-hybridized carbons (Fsp3) is 0.125. The first kappa shape index (κ1) is 14.3. The van der Waals surface area contributed by atoms with Crippen molar-refractivity contribution in [1.29, 1.82) is 0 Å². The molecule has 1 amide bonds. The van der Waals surface area contributed by atoms with Gasteiger partial charge in [0.15, 0.2) is 5.78 Å². The molecule has 0 aliphatic carbocycles. The molecule has 5 heteroatoms. The van der Waals surface area contributed by atoms with Gasteiger partial charge in [0.05, 0.1) is 11.4 Å². The minimum absolute atomic E-state index is 0.0813. The summed E-state index contributed by atoms with van der Waals surface area (Å²) in [6.07, 6.45) is 0.280. The molecule has 3 nitrogen and oxygen atoms in total. The summed E-state index contributed by atoms with van der Waals surface area (Å²) < 4.78 is 0.735. The van der Waals surface area contributed by atoms with Gasteiger partial charge < -0.3 is 5.32 Å². The molecule has 1 heterocycles. The summed E-state index contributed by atoms with van der Waals surface area (Å²) in [5.41, 5.74) is 3.52. The van der Waals surface area contributed by atoms with Crippen LogP contribution in [-0.2, 0) is 11.2 Å². The molecule has 0 saturated carbocycles. The number of anilines is 1. The molecule has 1 N–H and O–H groups in total. The molecule has 1 aliphatic heterocycles. The molecule has 106 valence electrons. The van der Waals surface area contributed by atoms with Crippen molar-refractivity contribution in [2.24, 2.45) is 0 Å². The Bertz CT molecular complexity index is 786. The maximum atomic E-state index is 12.7. The number of hydrogen-bond donors (Lipinski definition) is 1. The summed E-state index contributed by atoms with van der Waals surface area (Å²) in [4.78, 5) is 24.1. The molecule has 2 aromatic carbocycles. The van der Waals surface area contributed by atoms with Gasteiger partial charge in [-0.05, 0) is 42.3 Å². The number of aryl methyl sites for hydroxylation is 1. The Morgan fingerprint density at radius 3 is 2.71 bits per heavy atom. The first-order chi connectivity index (χ1) is 9.95. The number of hydrogen-bond acceptors (Lipinski definition) is 2. The number of fused-ring (bicyclic) bond motifs is 1. The zero-order valence-electron chi connectivity index (χ0n) is 11.2. The fourth-order valence-corrected chi connectivity index (χ4v) is 3.29. The van der Waals surface area contributed by atoms with E-state index in [0.29, 0.717) is 21.8 Å². The molecule has 0 unspecified atom stereocenters. The van der Waals surface area contributed by atoms with Crippen LogP contribution in [0.1, 0.15) is 27.0 Å². The van der Waals surface area contributed by atoms with Crippen LogP contribution in [-0.4, -0.2) is 11.7 Å². The van der Waals surface area contributed by atoms with Crippen LogP contribution in [0.15, 0.2) is 34.8 Å². The zero-order valence-corrected chi connectivity index (χ0v) is 13.5. The molecule has 0 radical (unpaired) electrons. The average molecular weight is 365 g/mol. The normalized spacial score (nSPS) is 13.0. The predicted molar refractivity (Wildman–Crippen MR) is 86.1 cm³/mol. The van der Waals surface area contributed by atoms with Crippen molar-refractivity contribution in [3.05, 3.63) is 62.1 Å². The number of carbonyl (C=O) groups is 2. The molecule has 0 atom stereocenters. The van der Waals surface area contributed by atoms with Crippen molar-refractivity contribution in [1.82, 2.24) is 0 Å². The number of amides is 1. The molecule has 0 aromatic heterocycles. The highest BCUT2D eigenvalue weighted by atomic mass is 79.9. The predicted octanol–water partition coefficient (Wildman–Crippen LogP) is 4.14. The van der Waals surface area contributed by atoms with Crippen LogP contribution >= 0.6 is 27.5 Å². The van der Waals surface area contributed by atoms with Crippen molar-refractivity contribution in [2.45, 2.75) is 13.3 Å². The van der Waals surface area contributed by atoms with E-state index in [2.05, 4.69) is 21.2 Å². The Balaban J connectivity index is 2.06. The standard InChI is InChI=1S/C16H11BrClNO2/c1-8-2-3-10(12(17)4-8)16(21)11-5-9-6-15(20)19-14(9)7-13(11)18/h2-5,7H,6H2,1H3,(H,19,20). The van der Waals surface area contributed by atoms with Gasteiger partial charge in [0, 0.05) is 21.3 Å². The van der Waals surface area contributed by atoms with E-state index in [9.17, 15) is 9.59 Å². The number of halogens is 2. The van der Waals surface area contributed by atoms with Crippen molar-refractivity contribution in [2.75, 3.05) is 5.32 Å². The topological polar surface area (TPSA) is 46.2 Å². The molecule has 0 spiro atoms. The van der Waals surface area contributed by atoms with Gasteiger partial charge in [-0.2, -0.15) is 0 Å². The third kappa shape index (κ3) is 2.61. The number of nitrogens with one attached hydrogen (secondary N) is 1. The molecule has 0 fully saturated rings. The van der Waals surface area contributed by atoms with E-state index >= 15 is 0 Å². The van der Waals surface area contributed by atoms with Gasteiger partial charge in [-0.15, -0.1) is 0 Å². The minimum Gasteiger partial charge on any atom is -0.325 e.